The van der Waals surface area contributed by atoms with Gasteiger partial charge in [-0.1, -0.05) is 23.7 Å². The Hall–Kier alpha value is -3.38. The molecular weight excluding hydrogens is 386 g/mol. The molecule has 6 nitrogen and oxygen atoms in total. The highest BCUT2D eigenvalue weighted by Gasteiger charge is 2.09. The van der Waals surface area contributed by atoms with E-state index in [1.807, 2.05) is 71.8 Å². The maximum atomic E-state index is 12.6. The van der Waals surface area contributed by atoms with E-state index in [1.165, 1.54) is 0 Å². The number of carbonyl (C=O) groups is 1. The SMILES string of the molecule is Cc1cc(C)n(Cc2ccc(C(=O)Nc3ccc(-n4ccnc4)c(Cl)c3)cc2)n1. The predicted octanol–water partition coefficient (Wildman–Crippen LogP) is 4.64. The molecule has 4 rings (SSSR count). The Balaban J connectivity index is 1.44. The van der Waals surface area contributed by atoms with Crippen molar-refractivity contribution in [3.8, 4) is 5.69 Å². The molecule has 2 heterocycles. The topological polar surface area (TPSA) is 64.7 Å². The van der Waals surface area contributed by atoms with E-state index >= 15 is 0 Å². The Morgan fingerprint density at radius 1 is 1.10 bits per heavy atom. The fourth-order valence-electron chi connectivity index (χ4n) is 3.17. The number of benzene rings is 2. The highest BCUT2D eigenvalue weighted by atomic mass is 35.5. The number of imidazole rings is 1. The van der Waals surface area contributed by atoms with Gasteiger partial charge < -0.3 is 9.88 Å². The first-order valence-electron chi connectivity index (χ1n) is 9.19. The standard InChI is InChI=1S/C22H20ClN5O/c1-15-11-16(2)28(26-15)13-17-3-5-18(6-4-17)22(29)25-19-7-8-21(20(23)12-19)27-10-9-24-14-27/h3-12,14H,13H2,1-2H3,(H,25,29). The minimum Gasteiger partial charge on any atom is -0.322 e. The third kappa shape index (κ3) is 4.22. The average molecular weight is 406 g/mol. The van der Waals surface area contributed by atoms with Crippen LogP contribution in [-0.4, -0.2) is 25.2 Å². The highest BCUT2D eigenvalue weighted by molar-refractivity contribution is 6.32. The Morgan fingerprint density at radius 2 is 1.90 bits per heavy atom. The quantitative estimate of drug-likeness (QED) is 0.526. The summed E-state index contributed by atoms with van der Waals surface area (Å²) in [4.78, 5) is 16.6. The van der Waals surface area contributed by atoms with Gasteiger partial charge in [0.25, 0.3) is 5.91 Å². The van der Waals surface area contributed by atoms with Crippen molar-refractivity contribution < 1.29 is 4.79 Å². The molecule has 1 amide bonds. The molecule has 7 heteroatoms. The number of rotatable bonds is 5. The van der Waals surface area contributed by atoms with Gasteiger partial charge in [0, 0.05) is 29.3 Å². The first-order chi connectivity index (χ1) is 14.0. The third-order valence-electron chi connectivity index (χ3n) is 4.64. The van der Waals surface area contributed by atoms with Crippen LogP contribution in [0.3, 0.4) is 0 Å². The van der Waals surface area contributed by atoms with E-state index in [2.05, 4.69) is 15.4 Å². The Bertz CT molecular complexity index is 1150. The van der Waals surface area contributed by atoms with E-state index < -0.39 is 0 Å². The second-order valence-electron chi connectivity index (χ2n) is 6.87. The lowest BCUT2D eigenvalue weighted by atomic mass is 10.1. The second kappa shape index (κ2) is 7.93. The molecule has 0 atom stereocenters. The molecule has 0 fully saturated rings. The van der Waals surface area contributed by atoms with Crippen LogP contribution in [0.1, 0.15) is 27.3 Å². The van der Waals surface area contributed by atoms with E-state index in [1.54, 1.807) is 18.6 Å². The summed E-state index contributed by atoms with van der Waals surface area (Å²) in [6.45, 7) is 4.68. The summed E-state index contributed by atoms with van der Waals surface area (Å²) in [5, 5.41) is 7.89. The summed E-state index contributed by atoms with van der Waals surface area (Å²) in [7, 11) is 0. The van der Waals surface area contributed by atoms with Crippen molar-refractivity contribution in [2.45, 2.75) is 20.4 Å². The maximum Gasteiger partial charge on any atom is 0.255 e. The number of aromatic nitrogens is 4. The van der Waals surface area contributed by atoms with Gasteiger partial charge >= 0.3 is 0 Å². The Kier molecular flexibility index (Phi) is 5.18. The predicted molar refractivity (Wildman–Crippen MR) is 114 cm³/mol. The lowest BCUT2D eigenvalue weighted by molar-refractivity contribution is 0.102. The van der Waals surface area contributed by atoms with Crippen molar-refractivity contribution >= 4 is 23.2 Å². The smallest absolute Gasteiger partial charge is 0.255 e. The third-order valence-corrected chi connectivity index (χ3v) is 4.94. The van der Waals surface area contributed by atoms with Gasteiger partial charge in [0.2, 0.25) is 0 Å². The lowest BCUT2D eigenvalue weighted by Crippen LogP contribution is -2.12. The molecule has 4 aromatic rings. The molecule has 146 valence electrons. The van der Waals surface area contributed by atoms with Crippen molar-refractivity contribution in [3.63, 3.8) is 0 Å². The van der Waals surface area contributed by atoms with Crippen LogP contribution in [0.5, 0.6) is 0 Å². The molecule has 0 aliphatic rings. The fourth-order valence-corrected chi connectivity index (χ4v) is 3.45. The molecule has 2 aromatic carbocycles. The van der Waals surface area contributed by atoms with E-state index in [4.69, 9.17) is 11.6 Å². The van der Waals surface area contributed by atoms with E-state index in [-0.39, 0.29) is 5.91 Å². The van der Waals surface area contributed by atoms with Crippen LogP contribution in [0.2, 0.25) is 5.02 Å². The van der Waals surface area contributed by atoms with E-state index in [9.17, 15) is 4.79 Å². The van der Waals surface area contributed by atoms with Gasteiger partial charge in [-0.25, -0.2) is 4.98 Å². The summed E-state index contributed by atoms with van der Waals surface area (Å²) in [6, 6.07) is 15.0. The minimum atomic E-state index is -0.186. The van der Waals surface area contributed by atoms with Gasteiger partial charge in [0.05, 0.1) is 29.3 Å². The van der Waals surface area contributed by atoms with Crippen LogP contribution in [0.15, 0.2) is 67.3 Å². The molecule has 0 saturated heterocycles. The molecule has 0 aliphatic heterocycles. The Labute approximate surface area is 173 Å². The number of aryl methyl sites for hydroxylation is 2. The number of halogens is 1. The molecule has 0 bridgehead atoms. The number of anilines is 1. The van der Waals surface area contributed by atoms with Crippen molar-refractivity contribution in [1.82, 2.24) is 19.3 Å². The van der Waals surface area contributed by atoms with Gasteiger partial charge in [-0.05, 0) is 55.8 Å². The van der Waals surface area contributed by atoms with E-state index in [0.717, 1.165) is 22.6 Å². The number of nitrogens with one attached hydrogen (secondary N) is 1. The van der Waals surface area contributed by atoms with E-state index in [0.29, 0.717) is 22.8 Å². The summed E-state index contributed by atoms with van der Waals surface area (Å²) in [5.74, 6) is -0.186. The normalized spacial score (nSPS) is 10.9. The van der Waals surface area contributed by atoms with Crippen LogP contribution in [0.25, 0.3) is 5.69 Å². The van der Waals surface area contributed by atoms with Crippen LogP contribution < -0.4 is 5.32 Å². The van der Waals surface area contributed by atoms with Crippen molar-refractivity contribution in [2.75, 3.05) is 5.32 Å². The van der Waals surface area contributed by atoms with Crippen LogP contribution in [0, 0.1) is 13.8 Å². The molecule has 2 aromatic heterocycles. The number of nitrogens with zero attached hydrogens (tertiary/aromatic N) is 4. The highest BCUT2D eigenvalue weighted by Crippen LogP contribution is 2.24. The van der Waals surface area contributed by atoms with Gasteiger partial charge in [0.1, 0.15) is 0 Å². The molecule has 0 saturated carbocycles. The fraction of sp³-hybridized carbons (Fsp3) is 0.136. The van der Waals surface area contributed by atoms with Crippen LogP contribution >= 0.6 is 11.6 Å². The summed E-state index contributed by atoms with van der Waals surface area (Å²) in [6.07, 6.45) is 5.17. The van der Waals surface area contributed by atoms with Gasteiger partial charge in [-0.2, -0.15) is 5.10 Å². The largest absolute Gasteiger partial charge is 0.322 e. The number of hydrogen-bond donors (Lipinski definition) is 1. The Morgan fingerprint density at radius 3 is 2.52 bits per heavy atom. The van der Waals surface area contributed by atoms with Crippen molar-refractivity contribution in [1.29, 1.82) is 0 Å². The first kappa shape index (κ1) is 19.0. The van der Waals surface area contributed by atoms with Crippen LogP contribution in [-0.2, 0) is 6.54 Å². The molecule has 1 N–H and O–H groups in total. The minimum absolute atomic E-state index is 0.186. The summed E-state index contributed by atoms with van der Waals surface area (Å²) in [5.41, 5.74) is 5.21. The monoisotopic (exact) mass is 405 g/mol. The number of amides is 1. The zero-order valence-corrected chi connectivity index (χ0v) is 16.9. The first-order valence-corrected chi connectivity index (χ1v) is 9.56. The van der Waals surface area contributed by atoms with Gasteiger partial charge in [-0.3, -0.25) is 9.48 Å². The van der Waals surface area contributed by atoms with Gasteiger partial charge in [-0.15, -0.1) is 0 Å². The number of carbonyl (C=O) groups excluding carboxylic acids is 1. The molecule has 29 heavy (non-hydrogen) atoms. The molecule has 0 aliphatic carbocycles. The zero-order valence-electron chi connectivity index (χ0n) is 16.1. The van der Waals surface area contributed by atoms with Gasteiger partial charge in [0.15, 0.2) is 0 Å². The van der Waals surface area contributed by atoms with Crippen molar-refractivity contribution in [2.24, 2.45) is 0 Å². The second-order valence-corrected chi connectivity index (χ2v) is 7.28. The lowest BCUT2D eigenvalue weighted by Gasteiger charge is -2.10. The molecule has 0 unspecified atom stereocenters. The molecule has 0 spiro atoms. The average Bonchev–Trinajstić information content (AvgIpc) is 3.32. The maximum absolute atomic E-state index is 12.6. The number of hydrogen-bond acceptors (Lipinski definition) is 3. The zero-order chi connectivity index (χ0) is 20.4. The molecular formula is C22H20ClN5O. The summed E-state index contributed by atoms with van der Waals surface area (Å²) < 4.78 is 3.77. The van der Waals surface area contributed by atoms with Crippen LogP contribution in [0.4, 0.5) is 5.69 Å². The summed E-state index contributed by atoms with van der Waals surface area (Å²) >= 11 is 6.35. The van der Waals surface area contributed by atoms with Crippen molar-refractivity contribution in [3.05, 3.63) is 94.8 Å². The molecule has 0 radical (unpaired) electrons.